The molecule has 3 rings (SSSR count). The zero-order chi connectivity index (χ0) is 18.1. The number of fused-ring (bicyclic) bond motifs is 1. The average Bonchev–Trinajstić information content (AvgIpc) is 2.83. The molecule has 0 radical (unpaired) electrons. The Balaban J connectivity index is 2.00. The lowest BCUT2D eigenvalue weighted by Crippen LogP contribution is -1.93. The number of halogens is 1. The largest absolute Gasteiger partial charge is 0.497 e. The summed E-state index contributed by atoms with van der Waals surface area (Å²) in [7, 11) is 3.29. The highest BCUT2D eigenvalue weighted by Gasteiger charge is 2.17. The monoisotopic (exact) mass is 401 g/mol. The Morgan fingerprint density at radius 1 is 1.24 bits per heavy atom. The molecule has 1 heterocycles. The van der Waals surface area contributed by atoms with Crippen LogP contribution in [0.1, 0.15) is 15.9 Å². The second-order valence-corrected chi connectivity index (χ2v) is 6.50. The van der Waals surface area contributed by atoms with Crippen molar-refractivity contribution >= 4 is 38.4 Å². The van der Waals surface area contributed by atoms with Gasteiger partial charge in [-0.25, -0.2) is 0 Å². The van der Waals surface area contributed by atoms with Crippen molar-refractivity contribution in [2.75, 3.05) is 7.11 Å². The van der Waals surface area contributed by atoms with Crippen molar-refractivity contribution in [1.29, 1.82) is 0 Å². The third-order valence-corrected chi connectivity index (χ3v) is 4.42. The van der Waals surface area contributed by atoms with Gasteiger partial charge in [-0.1, -0.05) is 15.9 Å². The molecule has 1 amide bonds. The van der Waals surface area contributed by atoms with Crippen molar-refractivity contribution < 1.29 is 14.6 Å². The van der Waals surface area contributed by atoms with Crippen molar-refractivity contribution in [3.8, 4) is 11.6 Å². The molecule has 0 spiro atoms. The number of carbonyl (C=O) groups excluding carboxylic acids is 1. The number of carbonyl (C=O) groups is 1. The number of ether oxygens (including phenoxy) is 1. The van der Waals surface area contributed by atoms with Crippen LogP contribution in [0.25, 0.3) is 10.9 Å². The van der Waals surface area contributed by atoms with Gasteiger partial charge in [-0.15, -0.1) is 10.2 Å². The molecule has 0 bridgehead atoms. The number of amides is 1. The van der Waals surface area contributed by atoms with Crippen LogP contribution in [0.2, 0.25) is 0 Å². The van der Waals surface area contributed by atoms with E-state index in [4.69, 9.17) is 4.74 Å². The predicted molar refractivity (Wildman–Crippen MR) is 98.9 cm³/mol. The van der Waals surface area contributed by atoms with Crippen molar-refractivity contribution in [2.45, 2.75) is 6.92 Å². The molecule has 0 aliphatic carbocycles. The van der Waals surface area contributed by atoms with E-state index in [9.17, 15) is 9.90 Å². The number of benzene rings is 2. The van der Waals surface area contributed by atoms with Crippen molar-refractivity contribution in [3.05, 3.63) is 52.0 Å². The van der Waals surface area contributed by atoms with Crippen LogP contribution < -0.4 is 4.74 Å². The molecule has 2 aromatic carbocycles. The molecule has 1 aromatic heterocycles. The van der Waals surface area contributed by atoms with Gasteiger partial charge in [0.2, 0.25) is 5.88 Å². The lowest BCUT2D eigenvalue weighted by molar-refractivity contribution is 0.0995. The van der Waals surface area contributed by atoms with Gasteiger partial charge < -0.3 is 14.4 Å². The Bertz CT molecular complexity index is 991. The lowest BCUT2D eigenvalue weighted by Gasteiger charge is -2.01. The molecule has 25 heavy (non-hydrogen) atoms. The summed E-state index contributed by atoms with van der Waals surface area (Å²) in [5.41, 5.74) is 2.47. The normalized spacial score (nSPS) is 11.4. The number of hydrogen-bond donors (Lipinski definition) is 1. The quantitative estimate of drug-likeness (QED) is 0.634. The summed E-state index contributed by atoms with van der Waals surface area (Å²) in [4.78, 5) is 12.2. The van der Waals surface area contributed by atoms with E-state index >= 15 is 0 Å². The second-order valence-electron chi connectivity index (χ2n) is 5.58. The summed E-state index contributed by atoms with van der Waals surface area (Å²) < 4.78 is 7.55. The van der Waals surface area contributed by atoms with E-state index in [1.807, 2.05) is 19.1 Å². The number of nitrogens with zero attached hydrogens (tertiary/aromatic N) is 3. The fourth-order valence-corrected chi connectivity index (χ4v) is 3.30. The Morgan fingerprint density at radius 3 is 2.56 bits per heavy atom. The minimum Gasteiger partial charge on any atom is -0.497 e. The maximum absolute atomic E-state index is 12.2. The van der Waals surface area contributed by atoms with E-state index in [2.05, 4.69) is 26.2 Å². The van der Waals surface area contributed by atoms with Crippen LogP contribution >= 0.6 is 15.9 Å². The number of azo groups is 1. The molecular formula is C18H16BrN3O3. The first-order valence-corrected chi connectivity index (χ1v) is 8.29. The zero-order valence-electron chi connectivity index (χ0n) is 13.9. The van der Waals surface area contributed by atoms with Gasteiger partial charge in [-0.3, -0.25) is 4.79 Å². The highest BCUT2D eigenvalue weighted by atomic mass is 79.9. The van der Waals surface area contributed by atoms with Gasteiger partial charge in [0, 0.05) is 22.5 Å². The van der Waals surface area contributed by atoms with Crippen LogP contribution in [0.3, 0.4) is 0 Å². The topological polar surface area (TPSA) is 76.2 Å². The number of aromatic hydroxyl groups is 1. The van der Waals surface area contributed by atoms with Gasteiger partial charge >= 0.3 is 0 Å². The second kappa shape index (κ2) is 6.68. The summed E-state index contributed by atoms with van der Waals surface area (Å²) in [5, 5.41) is 18.8. The van der Waals surface area contributed by atoms with Crippen LogP contribution in [-0.4, -0.2) is 22.7 Å². The van der Waals surface area contributed by atoms with E-state index in [0.29, 0.717) is 11.3 Å². The smallest absolute Gasteiger partial charge is 0.295 e. The number of hydrogen-bond acceptors (Lipinski definition) is 4. The van der Waals surface area contributed by atoms with Gasteiger partial charge in [-0.2, -0.15) is 0 Å². The first-order valence-electron chi connectivity index (χ1n) is 7.50. The van der Waals surface area contributed by atoms with Crippen LogP contribution in [-0.2, 0) is 7.05 Å². The maximum Gasteiger partial charge on any atom is 0.295 e. The molecule has 3 aromatic rings. The molecular weight excluding hydrogens is 386 g/mol. The van der Waals surface area contributed by atoms with Crippen molar-refractivity contribution in [3.63, 3.8) is 0 Å². The minimum absolute atomic E-state index is 0.0394. The van der Waals surface area contributed by atoms with Gasteiger partial charge in [0.05, 0.1) is 12.6 Å². The van der Waals surface area contributed by atoms with E-state index < -0.39 is 5.91 Å². The zero-order valence-corrected chi connectivity index (χ0v) is 15.5. The van der Waals surface area contributed by atoms with Crippen LogP contribution in [0.5, 0.6) is 11.6 Å². The molecule has 0 saturated heterocycles. The number of aryl methyl sites for hydroxylation is 2. The molecule has 0 fully saturated rings. The summed E-state index contributed by atoms with van der Waals surface area (Å²) in [6.45, 7) is 1.94. The molecule has 128 valence electrons. The summed E-state index contributed by atoms with van der Waals surface area (Å²) >= 11 is 3.44. The first kappa shape index (κ1) is 17.2. The van der Waals surface area contributed by atoms with Crippen molar-refractivity contribution in [1.82, 2.24) is 4.57 Å². The van der Waals surface area contributed by atoms with Crippen LogP contribution in [0, 0.1) is 6.92 Å². The molecule has 0 aliphatic rings. The highest BCUT2D eigenvalue weighted by molar-refractivity contribution is 9.10. The van der Waals surface area contributed by atoms with E-state index in [1.165, 1.54) is 0 Å². The predicted octanol–water partition coefficient (Wildman–Crippen LogP) is 4.89. The third-order valence-electron chi connectivity index (χ3n) is 3.96. The highest BCUT2D eigenvalue weighted by Crippen LogP contribution is 2.40. The summed E-state index contributed by atoms with van der Waals surface area (Å²) in [5.74, 6) is 0.119. The molecule has 7 heteroatoms. The molecule has 1 N–H and O–H groups in total. The minimum atomic E-state index is -0.495. The molecule has 0 aliphatic heterocycles. The van der Waals surface area contributed by atoms with Crippen molar-refractivity contribution in [2.24, 2.45) is 17.3 Å². The van der Waals surface area contributed by atoms with Gasteiger partial charge in [0.25, 0.3) is 5.91 Å². The fourth-order valence-electron chi connectivity index (χ4n) is 2.73. The average molecular weight is 402 g/mol. The van der Waals surface area contributed by atoms with Gasteiger partial charge in [-0.05, 0) is 48.9 Å². The SMILES string of the molecule is COc1ccc(C(=O)N=Nc2c(O)n(C)c3c(C)cc(Br)cc23)cc1. The Morgan fingerprint density at radius 2 is 1.92 bits per heavy atom. The Labute approximate surface area is 152 Å². The molecule has 6 nitrogen and oxygen atoms in total. The standard InChI is InChI=1S/C18H16BrN3O3/c1-10-8-12(19)9-14-15(18(24)22(2)16(10)14)20-21-17(23)11-4-6-13(25-3)7-5-11/h4-9,24H,1-3H3. The molecule has 0 saturated carbocycles. The molecule has 0 atom stereocenters. The van der Waals surface area contributed by atoms with Crippen LogP contribution in [0.15, 0.2) is 51.1 Å². The molecule has 0 unspecified atom stereocenters. The Kier molecular flexibility index (Phi) is 4.59. The number of aromatic nitrogens is 1. The van der Waals surface area contributed by atoms with E-state index in [-0.39, 0.29) is 11.6 Å². The maximum atomic E-state index is 12.2. The van der Waals surface area contributed by atoms with Gasteiger partial charge in [0.1, 0.15) is 5.75 Å². The fraction of sp³-hybridized carbons (Fsp3) is 0.167. The number of rotatable bonds is 3. The Hall–Kier alpha value is -2.67. The van der Waals surface area contributed by atoms with E-state index in [0.717, 1.165) is 20.9 Å². The first-order chi connectivity index (χ1) is 11.9. The van der Waals surface area contributed by atoms with Gasteiger partial charge in [0.15, 0.2) is 5.69 Å². The third kappa shape index (κ3) is 3.15. The summed E-state index contributed by atoms with van der Waals surface area (Å²) in [6, 6.07) is 10.4. The van der Waals surface area contributed by atoms with Crippen LogP contribution in [0.4, 0.5) is 5.69 Å². The summed E-state index contributed by atoms with van der Waals surface area (Å²) in [6.07, 6.45) is 0. The lowest BCUT2D eigenvalue weighted by atomic mass is 10.1. The number of methoxy groups -OCH3 is 1. The van der Waals surface area contributed by atoms with E-state index in [1.54, 1.807) is 43.0 Å².